The van der Waals surface area contributed by atoms with E-state index in [0.717, 1.165) is 22.4 Å². The maximum absolute atomic E-state index is 9.70. The third-order valence-corrected chi connectivity index (χ3v) is 4.03. The van der Waals surface area contributed by atoms with E-state index >= 15 is 0 Å². The van der Waals surface area contributed by atoms with Crippen LogP contribution >= 0.6 is 0 Å². The monoisotopic (exact) mass is 331 g/mol. The van der Waals surface area contributed by atoms with Gasteiger partial charge in [0.2, 0.25) is 5.95 Å². The van der Waals surface area contributed by atoms with Crippen LogP contribution in [0.4, 0.5) is 5.95 Å². The van der Waals surface area contributed by atoms with Crippen molar-refractivity contribution in [2.45, 2.75) is 6.04 Å². The van der Waals surface area contributed by atoms with Crippen LogP contribution in [0.15, 0.2) is 73.2 Å². The number of anilines is 1. The topological polar surface area (TPSA) is 75.9 Å². The fourth-order valence-electron chi connectivity index (χ4n) is 2.77. The van der Waals surface area contributed by atoms with Gasteiger partial charge in [-0.1, -0.05) is 42.5 Å². The Morgan fingerprint density at radius 1 is 0.960 bits per heavy atom. The van der Waals surface area contributed by atoms with Crippen molar-refractivity contribution >= 4 is 17.0 Å². The van der Waals surface area contributed by atoms with Crippen molar-refractivity contribution in [2.75, 3.05) is 11.9 Å². The standard InChI is InChI=1S/C19H17N5O/c25-12-16(14-6-2-1-3-7-14)22-19-20-11-10-18(23-19)24-13-21-15-8-4-5-9-17(15)24/h1-11,13,16,25H,12H2,(H,20,22,23)/t16-/m1/s1. The second-order valence-corrected chi connectivity index (χ2v) is 5.63. The number of nitrogens with zero attached hydrogens (tertiary/aromatic N) is 4. The average Bonchev–Trinajstić information content (AvgIpc) is 3.11. The minimum Gasteiger partial charge on any atom is -0.394 e. The molecule has 0 unspecified atom stereocenters. The van der Waals surface area contributed by atoms with E-state index in [-0.39, 0.29) is 12.6 Å². The van der Waals surface area contributed by atoms with Crippen molar-refractivity contribution in [2.24, 2.45) is 0 Å². The highest BCUT2D eigenvalue weighted by atomic mass is 16.3. The van der Waals surface area contributed by atoms with E-state index in [0.29, 0.717) is 5.95 Å². The molecule has 0 fully saturated rings. The summed E-state index contributed by atoms with van der Waals surface area (Å²) in [6.45, 7) is -0.0500. The van der Waals surface area contributed by atoms with E-state index in [9.17, 15) is 5.11 Å². The molecule has 124 valence electrons. The molecule has 2 aromatic carbocycles. The molecule has 0 spiro atoms. The number of benzene rings is 2. The summed E-state index contributed by atoms with van der Waals surface area (Å²) < 4.78 is 1.92. The zero-order valence-corrected chi connectivity index (χ0v) is 13.4. The largest absolute Gasteiger partial charge is 0.394 e. The minimum absolute atomic E-state index is 0.0500. The lowest BCUT2D eigenvalue weighted by atomic mass is 10.1. The first-order valence-electron chi connectivity index (χ1n) is 8.03. The molecule has 0 aliphatic heterocycles. The molecule has 6 nitrogen and oxygen atoms in total. The molecule has 2 aromatic heterocycles. The molecule has 0 saturated carbocycles. The SMILES string of the molecule is OC[C@@H](Nc1nccc(-n2cnc3ccccc32)n1)c1ccccc1. The first-order chi connectivity index (χ1) is 12.3. The Balaban J connectivity index is 1.65. The second-order valence-electron chi connectivity index (χ2n) is 5.63. The summed E-state index contributed by atoms with van der Waals surface area (Å²) in [5, 5.41) is 12.9. The van der Waals surface area contributed by atoms with Gasteiger partial charge in [-0.2, -0.15) is 4.98 Å². The third kappa shape index (κ3) is 3.07. The van der Waals surface area contributed by atoms with Crippen LogP contribution in [-0.2, 0) is 0 Å². The van der Waals surface area contributed by atoms with E-state index in [1.807, 2.05) is 65.2 Å². The number of aliphatic hydroxyl groups is 1. The van der Waals surface area contributed by atoms with Gasteiger partial charge in [-0.25, -0.2) is 9.97 Å². The van der Waals surface area contributed by atoms with Crippen LogP contribution in [0.25, 0.3) is 16.9 Å². The summed E-state index contributed by atoms with van der Waals surface area (Å²) in [5.74, 6) is 1.18. The molecule has 0 aliphatic rings. The smallest absolute Gasteiger partial charge is 0.225 e. The number of para-hydroxylation sites is 2. The normalized spacial score (nSPS) is 12.2. The molecule has 2 N–H and O–H groups in total. The maximum atomic E-state index is 9.70. The first-order valence-corrected chi connectivity index (χ1v) is 8.03. The molecular formula is C19H17N5O. The minimum atomic E-state index is -0.268. The van der Waals surface area contributed by atoms with Gasteiger partial charge in [0, 0.05) is 6.20 Å². The van der Waals surface area contributed by atoms with Crippen LogP contribution in [-0.4, -0.2) is 31.2 Å². The molecule has 4 rings (SSSR count). The summed E-state index contributed by atoms with van der Waals surface area (Å²) in [6, 6.07) is 19.2. The highest BCUT2D eigenvalue weighted by Gasteiger charge is 2.12. The Morgan fingerprint density at radius 3 is 2.60 bits per heavy atom. The molecule has 4 aromatic rings. The summed E-state index contributed by atoms with van der Waals surface area (Å²) in [5.41, 5.74) is 2.87. The molecule has 1 atom stereocenters. The zero-order chi connectivity index (χ0) is 17.1. The van der Waals surface area contributed by atoms with Gasteiger partial charge in [0.15, 0.2) is 0 Å². The van der Waals surface area contributed by atoms with Gasteiger partial charge in [-0.05, 0) is 23.8 Å². The van der Waals surface area contributed by atoms with Crippen LogP contribution in [0.5, 0.6) is 0 Å². The van der Waals surface area contributed by atoms with Crippen molar-refractivity contribution in [3.63, 3.8) is 0 Å². The molecule has 0 amide bonds. The van der Waals surface area contributed by atoms with Gasteiger partial charge in [-0.15, -0.1) is 0 Å². The van der Waals surface area contributed by atoms with Gasteiger partial charge in [0.25, 0.3) is 0 Å². The van der Waals surface area contributed by atoms with Crippen LogP contribution in [0.1, 0.15) is 11.6 Å². The summed E-state index contributed by atoms with van der Waals surface area (Å²) in [6.07, 6.45) is 3.44. The number of imidazole rings is 1. The average molecular weight is 331 g/mol. The predicted octanol–water partition coefficient (Wildman–Crippen LogP) is 2.96. The Kier molecular flexibility index (Phi) is 4.10. The number of hydrogen-bond donors (Lipinski definition) is 2. The zero-order valence-electron chi connectivity index (χ0n) is 13.4. The van der Waals surface area contributed by atoms with Gasteiger partial charge in [0.1, 0.15) is 12.1 Å². The van der Waals surface area contributed by atoms with Gasteiger partial charge in [0.05, 0.1) is 23.7 Å². The van der Waals surface area contributed by atoms with Crippen LogP contribution in [0.2, 0.25) is 0 Å². The summed E-state index contributed by atoms with van der Waals surface area (Å²) >= 11 is 0. The van der Waals surface area contributed by atoms with Crippen molar-refractivity contribution < 1.29 is 5.11 Å². The van der Waals surface area contributed by atoms with Crippen molar-refractivity contribution in [3.8, 4) is 5.82 Å². The van der Waals surface area contributed by atoms with Gasteiger partial charge >= 0.3 is 0 Å². The van der Waals surface area contributed by atoms with E-state index in [1.54, 1.807) is 12.5 Å². The summed E-state index contributed by atoms with van der Waals surface area (Å²) in [4.78, 5) is 13.2. The Labute approximate surface area is 144 Å². The predicted molar refractivity (Wildman–Crippen MR) is 96.6 cm³/mol. The second kappa shape index (κ2) is 6.70. The molecule has 0 aliphatic carbocycles. The fourth-order valence-corrected chi connectivity index (χ4v) is 2.77. The number of hydrogen-bond acceptors (Lipinski definition) is 5. The van der Waals surface area contributed by atoms with Crippen molar-refractivity contribution in [1.29, 1.82) is 0 Å². The number of aliphatic hydroxyl groups excluding tert-OH is 1. The van der Waals surface area contributed by atoms with Crippen LogP contribution in [0, 0.1) is 0 Å². The number of aromatic nitrogens is 4. The molecule has 2 heterocycles. The molecule has 0 bridgehead atoms. The van der Waals surface area contributed by atoms with E-state index < -0.39 is 0 Å². The third-order valence-electron chi connectivity index (χ3n) is 4.03. The highest BCUT2D eigenvalue weighted by Crippen LogP contribution is 2.19. The van der Waals surface area contributed by atoms with Crippen LogP contribution in [0.3, 0.4) is 0 Å². The molecular weight excluding hydrogens is 314 g/mol. The Morgan fingerprint density at radius 2 is 1.76 bits per heavy atom. The van der Waals surface area contributed by atoms with Crippen LogP contribution < -0.4 is 5.32 Å². The lowest BCUT2D eigenvalue weighted by Gasteiger charge is -2.17. The lowest BCUT2D eigenvalue weighted by Crippen LogP contribution is -2.17. The molecule has 6 heteroatoms. The Hall–Kier alpha value is -3.25. The molecule has 0 saturated heterocycles. The Bertz CT molecular complexity index is 983. The number of rotatable bonds is 5. The van der Waals surface area contributed by atoms with E-state index in [4.69, 9.17) is 0 Å². The summed E-state index contributed by atoms with van der Waals surface area (Å²) in [7, 11) is 0. The molecule has 0 radical (unpaired) electrons. The van der Waals surface area contributed by atoms with Crippen molar-refractivity contribution in [3.05, 3.63) is 78.8 Å². The number of nitrogens with one attached hydrogen (secondary N) is 1. The van der Waals surface area contributed by atoms with E-state index in [1.165, 1.54) is 0 Å². The maximum Gasteiger partial charge on any atom is 0.225 e. The fraction of sp³-hybridized carbons (Fsp3) is 0.105. The number of fused-ring (bicyclic) bond motifs is 1. The first kappa shape index (κ1) is 15.3. The molecule has 25 heavy (non-hydrogen) atoms. The van der Waals surface area contributed by atoms with E-state index in [2.05, 4.69) is 20.3 Å². The quantitative estimate of drug-likeness (QED) is 0.588. The van der Waals surface area contributed by atoms with Gasteiger partial charge < -0.3 is 10.4 Å². The highest BCUT2D eigenvalue weighted by molar-refractivity contribution is 5.76. The lowest BCUT2D eigenvalue weighted by molar-refractivity contribution is 0.276. The van der Waals surface area contributed by atoms with Gasteiger partial charge in [-0.3, -0.25) is 4.57 Å². The van der Waals surface area contributed by atoms with Crippen molar-refractivity contribution in [1.82, 2.24) is 19.5 Å².